The lowest BCUT2D eigenvalue weighted by atomic mass is 10.1. The smallest absolute Gasteiger partial charge is 0.410 e. The number of carbonyl (C=O) groups excluding carboxylic acids is 1. The molecule has 1 aliphatic heterocycles. The number of hydrogen-bond donors (Lipinski definition) is 0. The predicted molar refractivity (Wildman–Crippen MR) is 182 cm³/mol. The van der Waals surface area contributed by atoms with E-state index in [1.54, 1.807) is 23.2 Å². The Morgan fingerprint density at radius 1 is 1.04 bits per heavy atom. The van der Waals surface area contributed by atoms with Crippen LogP contribution in [0.25, 0.3) is 11.2 Å². The highest BCUT2D eigenvalue weighted by molar-refractivity contribution is 7.87. The highest BCUT2D eigenvalue weighted by Crippen LogP contribution is 2.37. The lowest BCUT2D eigenvalue weighted by Crippen LogP contribution is -2.59. The average molecular weight is 700 g/mol. The van der Waals surface area contributed by atoms with Crippen LogP contribution in [0, 0.1) is 5.82 Å². The maximum absolute atomic E-state index is 16.0. The Hall–Kier alpha value is -4.77. The number of pyridine rings is 1. The topological polar surface area (TPSA) is 148 Å². The molecule has 1 aromatic carbocycles. The van der Waals surface area contributed by atoms with E-state index in [9.17, 15) is 13.2 Å². The van der Waals surface area contributed by atoms with Crippen LogP contribution in [-0.4, -0.2) is 107 Å². The van der Waals surface area contributed by atoms with Crippen molar-refractivity contribution >= 4 is 44.8 Å². The Bertz CT molecular complexity index is 1940. The van der Waals surface area contributed by atoms with E-state index in [2.05, 4.69) is 9.97 Å². The molecule has 1 aliphatic rings. The lowest BCUT2D eigenvalue weighted by Gasteiger charge is -2.44. The summed E-state index contributed by atoms with van der Waals surface area (Å²) in [5.74, 6) is 0.390. The van der Waals surface area contributed by atoms with Crippen molar-refractivity contribution in [2.24, 2.45) is 0 Å². The molecule has 1 fully saturated rings. The fourth-order valence-electron chi connectivity index (χ4n) is 5.64. The maximum atomic E-state index is 16.0. The third-order valence-electron chi connectivity index (χ3n) is 7.93. The number of ether oxygens (including phenoxy) is 3. The number of rotatable bonds is 9. The van der Waals surface area contributed by atoms with Gasteiger partial charge in [0.05, 0.1) is 44.7 Å². The van der Waals surface area contributed by atoms with E-state index in [1.807, 2.05) is 39.5 Å². The van der Waals surface area contributed by atoms with E-state index in [1.165, 1.54) is 57.7 Å². The zero-order valence-electron chi connectivity index (χ0n) is 29.1. The molecular weight excluding hydrogens is 657 g/mol. The number of anilines is 3. The number of aromatic nitrogens is 5. The molecule has 0 spiro atoms. The quantitative estimate of drug-likeness (QED) is 0.247. The van der Waals surface area contributed by atoms with E-state index < -0.39 is 21.6 Å². The van der Waals surface area contributed by atoms with Crippen molar-refractivity contribution in [3.05, 3.63) is 54.5 Å². The number of piperazine rings is 1. The summed E-state index contributed by atoms with van der Waals surface area (Å²) in [5, 5.41) is 0. The van der Waals surface area contributed by atoms with Gasteiger partial charge in [0.15, 0.2) is 17.2 Å². The van der Waals surface area contributed by atoms with Crippen LogP contribution in [0.2, 0.25) is 0 Å². The first kappa shape index (κ1) is 35.5. The number of carbonyl (C=O) groups is 1. The van der Waals surface area contributed by atoms with Gasteiger partial charge in [0, 0.05) is 51.7 Å². The standard InChI is InChI=1S/C32H42FN9O6S/c1-20-17-39(18-21(2)42(20)31(43)48-32(3,4)5)27-16-35-23-10-11-26(36-30(23)37-27)40(24-14-22(46-8)15-25(47-9)29(24)33)19-28-34-12-13-41(28)49(44,45)38(6)7/h10-16,20-21H,17-19H2,1-9H3/t20-,21-/m0/s1. The molecule has 0 saturated carbocycles. The zero-order chi connectivity index (χ0) is 35.8. The van der Waals surface area contributed by atoms with Gasteiger partial charge in [-0.2, -0.15) is 12.7 Å². The van der Waals surface area contributed by atoms with Crippen LogP contribution in [0.4, 0.5) is 26.5 Å². The van der Waals surface area contributed by atoms with Crippen molar-refractivity contribution < 1.29 is 31.8 Å². The predicted octanol–water partition coefficient (Wildman–Crippen LogP) is 4.20. The molecule has 5 rings (SSSR count). The molecule has 49 heavy (non-hydrogen) atoms. The number of fused-ring (bicyclic) bond motifs is 1. The number of benzene rings is 1. The third-order valence-corrected chi connectivity index (χ3v) is 9.69. The number of imidazole rings is 1. The fraction of sp³-hybridized carbons (Fsp3) is 0.469. The van der Waals surface area contributed by atoms with Crippen LogP contribution >= 0.6 is 0 Å². The van der Waals surface area contributed by atoms with E-state index in [-0.39, 0.29) is 53.4 Å². The maximum Gasteiger partial charge on any atom is 0.410 e. The molecule has 17 heteroatoms. The first-order chi connectivity index (χ1) is 23.0. The number of hydrogen-bond acceptors (Lipinski definition) is 12. The summed E-state index contributed by atoms with van der Waals surface area (Å²) < 4.78 is 60.7. The fourth-order valence-corrected chi connectivity index (χ4v) is 6.57. The Balaban J connectivity index is 1.55. The Morgan fingerprint density at radius 3 is 2.35 bits per heavy atom. The van der Waals surface area contributed by atoms with Crippen molar-refractivity contribution in [2.75, 3.05) is 51.2 Å². The molecule has 0 unspecified atom stereocenters. The Morgan fingerprint density at radius 2 is 1.73 bits per heavy atom. The molecule has 1 saturated heterocycles. The van der Waals surface area contributed by atoms with E-state index in [4.69, 9.17) is 24.2 Å². The lowest BCUT2D eigenvalue weighted by molar-refractivity contribution is 0.00559. The van der Waals surface area contributed by atoms with Gasteiger partial charge < -0.3 is 24.0 Å². The Kier molecular flexibility index (Phi) is 9.88. The first-order valence-corrected chi connectivity index (χ1v) is 17.0. The zero-order valence-corrected chi connectivity index (χ0v) is 29.9. The van der Waals surface area contributed by atoms with E-state index in [0.717, 1.165) is 8.28 Å². The number of nitrogens with zero attached hydrogens (tertiary/aromatic N) is 9. The molecule has 15 nitrogen and oxygen atoms in total. The van der Waals surface area contributed by atoms with Gasteiger partial charge in [0.2, 0.25) is 0 Å². The Labute approximate surface area is 285 Å². The summed E-state index contributed by atoms with van der Waals surface area (Å²) in [4.78, 5) is 36.7. The minimum Gasteiger partial charge on any atom is -0.497 e. The SMILES string of the molecule is COc1cc(OC)c(F)c(N(Cc2nccn2S(=O)(=O)N(C)C)c2ccc3ncc(N4C[C@H](C)N(C(=O)OC(C)(C)C)[C@@H](C)C4)nc3n2)c1. The van der Waals surface area contributed by atoms with Crippen LogP contribution in [0.3, 0.4) is 0 Å². The van der Waals surface area contributed by atoms with Crippen LogP contribution in [0.1, 0.15) is 40.4 Å². The van der Waals surface area contributed by atoms with Gasteiger partial charge in [0.25, 0.3) is 0 Å². The van der Waals surface area contributed by atoms with Gasteiger partial charge in [0.1, 0.15) is 34.3 Å². The highest BCUT2D eigenvalue weighted by Gasteiger charge is 2.36. The summed E-state index contributed by atoms with van der Waals surface area (Å²) in [6, 6.07) is 5.85. The van der Waals surface area contributed by atoms with Crippen molar-refractivity contribution in [3.8, 4) is 11.5 Å². The van der Waals surface area contributed by atoms with Crippen molar-refractivity contribution in [1.82, 2.24) is 33.1 Å². The van der Waals surface area contributed by atoms with E-state index >= 15 is 4.39 Å². The largest absolute Gasteiger partial charge is 0.497 e. The van der Waals surface area contributed by atoms with Crippen molar-refractivity contribution in [1.29, 1.82) is 0 Å². The molecule has 3 aromatic heterocycles. The van der Waals surface area contributed by atoms with Gasteiger partial charge in [-0.05, 0) is 46.8 Å². The average Bonchev–Trinajstić information content (AvgIpc) is 3.51. The highest BCUT2D eigenvalue weighted by atomic mass is 32.2. The minimum atomic E-state index is -3.95. The van der Waals surface area contributed by atoms with Crippen molar-refractivity contribution in [3.63, 3.8) is 0 Å². The normalized spacial score (nSPS) is 17.0. The van der Waals surface area contributed by atoms with Crippen LogP contribution < -0.4 is 19.3 Å². The molecule has 4 heterocycles. The molecule has 4 aromatic rings. The molecule has 1 amide bonds. The summed E-state index contributed by atoms with van der Waals surface area (Å²) in [7, 11) is 1.64. The molecule has 264 valence electrons. The van der Waals surface area contributed by atoms with Gasteiger partial charge in [-0.25, -0.2) is 33.1 Å². The molecule has 0 bridgehead atoms. The number of methoxy groups -OCH3 is 2. The van der Waals surface area contributed by atoms with Crippen LogP contribution in [0.5, 0.6) is 11.5 Å². The molecular formula is C32H42FN9O6S. The van der Waals surface area contributed by atoms with Gasteiger partial charge >= 0.3 is 16.3 Å². The van der Waals surface area contributed by atoms with Crippen molar-refractivity contribution in [2.45, 2.75) is 58.8 Å². The summed E-state index contributed by atoms with van der Waals surface area (Å²) in [6.45, 7) is 10.2. The monoisotopic (exact) mass is 699 g/mol. The molecule has 0 aliphatic carbocycles. The molecule has 0 N–H and O–H groups in total. The summed E-state index contributed by atoms with van der Waals surface area (Å²) in [6.07, 6.45) is 3.96. The molecule has 2 atom stereocenters. The van der Waals surface area contributed by atoms with Crippen LogP contribution in [-0.2, 0) is 21.5 Å². The second-order valence-corrected chi connectivity index (χ2v) is 14.9. The first-order valence-electron chi connectivity index (χ1n) is 15.6. The van der Waals surface area contributed by atoms with Gasteiger partial charge in [-0.3, -0.25) is 4.90 Å². The third kappa shape index (κ3) is 7.32. The number of amides is 1. The summed E-state index contributed by atoms with van der Waals surface area (Å²) >= 11 is 0. The second kappa shape index (κ2) is 13.6. The van der Waals surface area contributed by atoms with Crippen LogP contribution in [0.15, 0.2) is 42.9 Å². The van der Waals surface area contributed by atoms with Gasteiger partial charge in [-0.15, -0.1) is 0 Å². The molecule has 0 radical (unpaired) electrons. The number of halogens is 1. The van der Waals surface area contributed by atoms with Gasteiger partial charge in [-0.1, -0.05) is 0 Å². The van der Waals surface area contributed by atoms with E-state index in [0.29, 0.717) is 30.2 Å². The second-order valence-electron chi connectivity index (χ2n) is 12.9. The minimum absolute atomic E-state index is 0.00452. The summed E-state index contributed by atoms with van der Waals surface area (Å²) in [5.41, 5.74) is 0.147.